The second-order valence-corrected chi connectivity index (χ2v) is 13.8. The van der Waals surface area contributed by atoms with Crippen molar-refractivity contribution in [2.45, 2.75) is 6.92 Å². The molecule has 0 saturated heterocycles. The molecule has 0 unspecified atom stereocenters. The summed E-state index contributed by atoms with van der Waals surface area (Å²) >= 11 is 0. The van der Waals surface area contributed by atoms with E-state index in [1.165, 1.54) is 82.1 Å². The van der Waals surface area contributed by atoms with Crippen LogP contribution in [0.2, 0.25) is 0 Å². The van der Waals surface area contributed by atoms with Gasteiger partial charge in [0.2, 0.25) is 0 Å². The Morgan fingerprint density at radius 1 is 0.288 bits per heavy atom. The number of fused-ring (bicyclic) bond motifs is 9. The molecule has 52 heavy (non-hydrogen) atoms. The molecule has 244 valence electrons. The number of benzene rings is 8. The molecule has 0 aliphatic heterocycles. The number of rotatable bonds is 4. The maximum Gasteiger partial charge on any atom is 0.0542 e. The van der Waals surface area contributed by atoms with Crippen molar-refractivity contribution < 1.29 is 0 Å². The van der Waals surface area contributed by atoms with Crippen LogP contribution in [-0.4, -0.2) is 13.7 Å². The molecule has 0 bridgehead atoms. The molecule has 0 saturated carbocycles. The first-order chi connectivity index (χ1) is 25.7. The average molecular weight is 664 g/mol. The number of para-hydroxylation sites is 6. The molecule has 0 N–H and O–H groups in total. The molecule has 0 fully saturated rings. The monoisotopic (exact) mass is 663 g/mol. The maximum absolute atomic E-state index is 2.46. The molecular formula is C49H33N3. The fourth-order valence-electron chi connectivity index (χ4n) is 8.70. The van der Waals surface area contributed by atoms with Gasteiger partial charge in [0.05, 0.1) is 44.5 Å². The minimum Gasteiger partial charge on any atom is -0.309 e. The van der Waals surface area contributed by atoms with Gasteiger partial charge in [-0.3, -0.25) is 0 Å². The van der Waals surface area contributed by atoms with Crippen LogP contribution in [0.5, 0.6) is 0 Å². The summed E-state index contributed by atoms with van der Waals surface area (Å²) in [5.74, 6) is 0. The Morgan fingerprint density at radius 3 is 1.19 bits per heavy atom. The molecule has 0 atom stereocenters. The predicted octanol–water partition coefficient (Wildman–Crippen LogP) is 13.0. The summed E-state index contributed by atoms with van der Waals surface area (Å²) < 4.78 is 7.31. The van der Waals surface area contributed by atoms with Crippen LogP contribution in [0.3, 0.4) is 0 Å². The fourth-order valence-corrected chi connectivity index (χ4v) is 8.70. The van der Waals surface area contributed by atoms with Gasteiger partial charge in [0, 0.05) is 49.1 Å². The average Bonchev–Trinajstić information content (AvgIpc) is 3.83. The van der Waals surface area contributed by atoms with Gasteiger partial charge in [-0.05, 0) is 73.7 Å². The number of aryl methyl sites for hydroxylation is 1. The minimum absolute atomic E-state index is 1.15. The minimum atomic E-state index is 1.15. The molecule has 0 spiro atoms. The Balaban J connectivity index is 1.17. The van der Waals surface area contributed by atoms with Crippen LogP contribution in [0.15, 0.2) is 182 Å². The maximum atomic E-state index is 2.46. The lowest BCUT2D eigenvalue weighted by Gasteiger charge is -2.18. The van der Waals surface area contributed by atoms with Crippen molar-refractivity contribution in [3.63, 3.8) is 0 Å². The third kappa shape index (κ3) is 4.08. The molecule has 8 aromatic carbocycles. The van der Waals surface area contributed by atoms with Crippen molar-refractivity contribution in [1.82, 2.24) is 13.7 Å². The van der Waals surface area contributed by atoms with Gasteiger partial charge in [-0.2, -0.15) is 0 Å². The van der Waals surface area contributed by atoms with Crippen molar-refractivity contribution >= 4 is 65.4 Å². The third-order valence-electron chi connectivity index (χ3n) is 10.9. The SMILES string of the molecule is Cc1ccc2c(c1)c1ccccc1n2-c1ccc2c(c1)c1ccccc1n2-c1ccccc1-c1ccccc1-n1c2ccccc2c2ccccc21. The van der Waals surface area contributed by atoms with Crippen LogP contribution < -0.4 is 0 Å². The van der Waals surface area contributed by atoms with Crippen molar-refractivity contribution in [2.75, 3.05) is 0 Å². The van der Waals surface area contributed by atoms with Gasteiger partial charge in [0.15, 0.2) is 0 Å². The Hall–Kier alpha value is -6.84. The van der Waals surface area contributed by atoms with Crippen LogP contribution in [0.1, 0.15) is 5.56 Å². The van der Waals surface area contributed by atoms with Crippen LogP contribution >= 0.6 is 0 Å². The van der Waals surface area contributed by atoms with E-state index in [1.807, 2.05) is 0 Å². The molecule has 11 rings (SSSR count). The Bertz CT molecular complexity index is 3150. The largest absolute Gasteiger partial charge is 0.309 e. The van der Waals surface area contributed by atoms with E-state index in [0.29, 0.717) is 0 Å². The van der Waals surface area contributed by atoms with E-state index in [0.717, 1.165) is 17.1 Å². The standard InChI is InChI=1S/C49H33N3/c1-32-26-28-48-40(30-32)38-18-6-8-20-42(38)50(48)33-27-29-49-41(31-33)39-19-7-13-25-47(39)52(49)46-24-12-5-17-37(46)36-16-4-11-23-45(36)51-43-21-9-2-14-34(43)35-15-3-10-22-44(35)51/h2-31H,1H3. The first-order valence-electron chi connectivity index (χ1n) is 18.0. The fraction of sp³-hybridized carbons (Fsp3) is 0.0204. The van der Waals surface area contributed by atoms with Gasteiger partial charge in [-0.25, -0.2) is 0 Å². The van der Waals surface area contributed by atoms with E-state index >= 15 is 0 Å². The van der Waals surface area contributed by atoms with Crippen LogP contribution in [0.4, 0.5) is 0 Å². The van der Waals surface area contributed by atoms with Gasteiger partial charge >= 0.3 is 0 Å². The molecule has 11 aromatic rings. The summed E-state index contributed by atoms with van der Waals surface area (Å²) in [6, 6.07) is 66.6. The highest BCUT2D eigenvalue weighted by Crippen LogP contribution is 2.41. The zero-order chi connectivity index (χ0) is 34.3. The second-order valence-electron chi connectivity index (χ2n) is 13.8. The Morgan fingerprint density at radius 2 is 0.654 bits per heavy atom. The van der Waals surface area contributed by atoms with Gasteiger partial charge in [-0.15, -0.1) is 0 Å². The van der Waals surface area contributed by atoms with Gasteiger partial charge in [0.1, 0.15) is 0 Å². The highest BCUT2D eigenvalue weighted by Gasteiger charge is 2.21. The Labute approximate surface area is 300 Å². The molecule has 3 aromatic heterocycles. The summed E-state index contributed by atoms with van der Waals surface area (Å²) in [5.41, 5.74) is 14.4. The van der Waals surface area contributed by atoms with Crippen molar-refractivity contribution in [2.24, 2.45) is 0 Å². The summed E-state index contributed by atoms with van der Waals surface area (Å²) in [4.78, 5) is 0. The summed E-state index contributed by atoms with van der Waals surface area (Å²) in [7, 11) is 0. The highest BCUT2D eigenvalue weighted by atomic mass is 15.0. The van der Waals surface area contributed by atoms with Gasteiger partial charge in [-0.1, -0.05) is 121 Å². The quantitative estimate of drug-likeness (QED) is 0.178. The summed E-state index contributed by atoms with van der Waals surface area (Å²) in [5, 5.41) is 7.56. The van der Waals surface area contributed by atoms with Crippen LogP contribution in [0.25, 0.3) is 93.6 Å². The normalized spacial score (nSPS) is 11.9. The number of hydrogen-bond acceptors (Lipinski definition) is 0. The van der Waals surface area contributed by atoms with Gasteiger partial charge in [0.25, 0.3) is 0 Å². The number of hydrogen-bond donors (Lipinski definition) is 0. The molecule has 0 aliphatic rings. The van der Waals surface area contributed by atoms with Crippen molar-refractivity contribution in [1.29, 1.82) is 0 Å². The van der Waals surface area contributed by atoms with Crippen LogP contribution in [0, 0.1) is 6.92 Å². The molecule has 0 aliphatic carbocycles. The van der Waals surface area contributed by atoms with Crippen molar-refractivity contribution in [3.8, 4) is 28.2 Å². The lowest BCUT2D eigenvalue weighted by atomic mass is 10.0. The number of aromatic nitrogens is 3. The molecule has 0 amide bonds. The smallest absolute Gasteiger partial charge is 0.0542 e. The Kier molecular flexibility index (Phi) is 6.17. The lowest BCUT2D eigenvalue weighted by molar-refractivity contribution is 1.15. The van der Waals surface area contributed by atoms with Gasteiger partial charge < -0.3 is 13.7 Å². The van der Waals surface area contributed by atoms with E-state index in [1.54, 1.807) is 0 Å². The molecule has 0 radical (unpaired) electrons. The topological polar surface area (TPSA) is 14.8 Å². The van der Waals surface area contributed by atoms with E-state index in [4.69, 9.17) is 0 Å². The van der Waals surface area contributed by atoms with Crippen molar-refractivity contribution in [3.05, 3.63) is 188 Å². The third-order valence-corrected chi connectivity index (χ3v) is 10.9. The van der Waals surface area contributed by atoms with E-state index in [2.05, 4.69) is 203 Å². The summed E-state index contributed by atoms with van der Waals surface area (Å²) in [6.07, 6.45) is 0. The van der Waals surface area contributed by atoms with E-state index in [-0.39, 0.29) is 0 Å². The first kappa shape index (κ1) is 28.9. The highest BCUT2D eigenvalue weighted by molar-refractivity contribution is 6.13. The van der Waals surface area contributed by atoms with Crippen LogP contribution in [-0.2, 0) is 0 Å². The number of nitrogens with zero attached hydrogens (tertiary/aromatic N) is 3. The first-order valence-corrected chi connectivity index (χ1v) is 18.0. The summed E-state index contributed by atoms with van der Waals surface area (Å²) in [6.45, 7) is 2.17. The lowest BCUT2D eigenvalue weighted by Crippen LogP contribution is -2.01. The molecule has 3 nitrogen and oxygen atoms in total. The predicted molar refractivity (Wildman–Crippen MR) is 220 cm³/mol. The zero-order valence-electron chi connectivity index (χ0n) is 28.7. The van der Waals surface area contributed by atoms with E-state index in [9.17, 15) is 0 Å². The molecule has 3 heteroatoms. The van der Waals surface area contributed by atoms with E-state index < -0.39 is 0 Å². The second kappa shape index (κ2) is 11.1. The molecule has 3 heterocycles. The zero-order valence-corrected chi connectivity index (χ0v) is 28.7. The molecular weight excluding hydrogens is 631 g/mol.